The second kappa shape index (κ2) is 15.2. The summed E-state index contributed by atoms with van der Waals surface area (Å²) in [6.45, 7) is 7.58. The molecule has 0 bridgehead atoms. The van der Waals surface area contributed by atoms with Gasteiger partial charge < -0.3 is 14.7 Å². The SMILES string of the molecule is CCCCn1c(N2CCCC(C(=O)OCC)C2)c(/C=C2\SC(=S)N(CCCCCC(=O)O)C2=O)c(C)c(C#N)c1=O. The number of esters is 1. The van der Waals surface area contributed by atoms with Crippen molar-refractivity contribution in [2.75, 3.05) is 31.1 Å². The summed E-state index contributed by atoms with van der Waals surface area (Å²) in [4.78, 5) is 54.3. The lowest BCUT2D eigenvalue weighted by Gasteiger charge is -2.36. The minimum absolute atomic E-state index is 0.0314. The van der Waals surface area contributed by atoms with Crippen molar-refractivity contribution in [3.63, 3.8) is 0 Å². The molecule has 1 amide bonds. The average Bonchev–Trinajstić information content (AvgIpc) is 3.21. The highest BCUT2D eigenvalue weighted by molar-refractivity contribution is 8.26. The molecule has 12 heteroatoms. The summed E-state index contributed by atoms with van der Waals surface area (Å²) < 4.78 is 7.33. The predicted octanol–water partition coefficient (Wildman–Crippen LogP) is 4.45. The maximum Gasteiger partial charge on any atom is 0.310 e. The maximum absolute atomic E-state index is 13.5. The van der Waals surface area contributed by atoms with Crippen LogP contribution in [-0.2, 0) is 25.7 Å². The molecule has 10 nitrogen and oxygen atoms in total. The Labute approximate surface area is 250 Å². The highest BCUT2D eigenvalue weighted by atomic mass is 32.2. The molecule has 2 aliphatic heterocycles. The molecule has 3 rings (SSSR count). The topological polar surface area (TPSA) is 133 Å². The number of thiocarbonyl (C=S) groups is 1. The van der Waals surface area contributed by atoms with E-state index in [2.05, 4.69) is 6.07 Å². The number of amides is 1. The minimum Gasteiger partial charge on any atom is -0.481 e. The van der Waals surface area contributed by atoms with Crippen LogP contribution in [0.15, 0.2) is 9.70 Å². The van der Waals surface area contributed by atoms with Crippen molar-refractivity contribution in [2.45, 2.75) is 78.7 Å². The van der Waals surface area contributed by atoms with Crippen LogP contribution in [-0.4, -0.2) is 63.0 Å². The first-order valence-electron chi connectivity index (χ1n) is 14.2. The Kier molecular flexibility index (Phi) is 12.0. The third-order valence-electron chi connectivity index (χ3n) is 7.34. The number of piperidine rings is 1. The number of carbonyl (C=O) groups excluding carboxylic acids is 2. The number of rotatable bonds is 13. The smallest absolute Gasteiger partial charge is 0.310 e. The molecule has 1 aromatic heterocycles. The summed E-state index contributed by atoms with van der Waals surface area (Å²) in [5.41, 5.74) is 0.739. The number of carboxylic acids is 1. The average molecular weight is 603 g/mol. The Morgan fingerprint density at radius 2 is 1.95 bits per heavy atom. The van der Waals surface area contributed by atoms with Gasteiger partial charge in [-0.25, -0.2) is 0 Å². The van der Waals surface area contributed by atoms with E-state index in [1.165, 1.54) is 16.7 Å². The lowest BCUT2D eigenvalue weighted by Crippen LogP contribution is -2.43. The Balaban J connectivity index is 2.04. The first-order chi connectivity index (χ1) is 19.6. The number of carboxylic acid groups (broad SMARTS) is 1. The van der Waals surface area contributed by atoms with Crippen LogP contribution in [0.25, 0.3) is 6.08 Å². The van der Waals surface area contributed by atoms with Crippen LogP contribution in [0.5, 0.6) is 0 Å². The van der Waals surface area contributed by atoms with Crippen molar-refractivity contribution >= 4 is 58.0 Å². The number of hydrogen-bond acceptors (Lipinski definition) is 9. The molecule has 1 atom stereocenters. The van der Waals surface area contributed by atoms with Gasteiger partial charge in [-0.05, 0) is 57.6 Å². The molecule has 0 spiro atoms. The van der Waals surface area contributed by atoms with Crippen molar-refractivity contribution in [3.8, 4) is 6.07 Å². The zero-order valence-corrected chi connectivity index (χ0v) is 25.6. The molecule has 2 fully saturated rings. The standard InChI is InChI=1S/C29H38N4O6S2/c1-4-6-14-32-25(31-13-10-11-20(18-31)28(38)39-5-2)21(19(3)22(17-30)26(32)36)16-23-27(37)33(29(40)41-23)15-9-7-8-12-24(34)35/h16,20H,4-15,18H2,1-3H3,(H,34,35)/b23-16-. The van der Waals surface area contributed by atoms with Crippen molar-refractivity contribution in [3.05, 3.63) is 31.9 Å². The first kappa shape index (κ1) is 32.3. The van der Waals surface area contributed by atoms with Crippen LogP contribution < -0.4 is 10.5 Å². The van der Waals surface area contributed by atoms with E-state index < -0.39 is 5.97 Å². The lowest BCUT2D eigenvalue weighted by molar-refractivity contribution is -0.148. The predicted molar refractivity (Wildman–Crippen MR) is 163 cm³/mol. The number of carbonyl (C=O) groups is 3. The molecule has 41 heavy (non-hydrogen) atoms. The van der Waals surface area contributed by atoms with Crippen LogP contribution >= 0.6 is 24.0 Å². The fourth-order valence-electron chi connectivity index (χ4n) is 5.18. The monoisotopic (exact) mass is 602 g/mol. The lowest BCUT2D eigenvalue weighted by atomic mass is 9.96. The molecule has 222 valence electrons. The highest BCUT2D eigenvalue weighted by Gasteiger charge is 2.34. The van der Waals surface area contributed by atoms with E-state index in [1.54, 1.807) is 24.5 Å². The first-order valence-corrected chi connectivity index (χ1v) is 15.4. The molecule has 0 aromatic carbocycles. The number of thioether (sulfide) groups is 1. The highest BCUT2D eigenvalue weighted by Crippen LogP contribution is 2.37. The number of unbranched alkanes of at least 4 members (excludes halogenated alkanes) is 3. The van der Waals surface area contributed by atoms with Gasteiger partial charge in [-0.2, -0.15) is 5.26 Å². The quantitative estimate of drug-likeness (QED) is 0.149. The zero-order chi connectivity index (χ0) is 30.1. The maximum atomic E-state index is 13.5. The summed E-state index contributed by atoms with van der Waals surface area (Å²) in [6, 6.07) is 2.07. The van der Waals surface area contributed by atoms with Gasteiger partial charge in [-0.3, -0.25) is 28.6 Å². The third kappa shape index (κ3) is 7.77. The van der Waals surface area contributed by atoms with Gasteiger partial charge in [0.1, 0.15) is 21.8 Å². The van der Waals surface area contributed by atoms with Gasteiger partial charge in [0.05, 0.1) is 17.4 Å². The van der Waals surface area contributed by atoms with Gasteiger partial charge in [-0.1, -0.05) is 43.7 Å². The molecule has 1 N–H and O–H groups in total. The van der Waals surface area contributed by atoms with Gasteiger partial charge in [0.15, 0.2) is 0 Å². The minimum atomic E-state index is -0.844. The summed E-state index contributed by atoms with van der Waals surface area (Å²) in [5.74, 6) is -1.11. The van der Waals surface area contributed by atoms with Gasteiger partial charge in [-0.15, -0.1) is 0 Å². The molecular formula is C29H38N4O6S2. The Morgan fingerprint density at radius 3 is 2.61 bits per heavy atom. The molecule has 2 aliphatic rings. The van der Waals surface area contributed by atoms with E-state index in [4.69, 9.17) is 22.1 Å². The molecule has 0 aliphatic carbocycles. The van der Waals surface area contributed by atoms with Crippen molar-refractivity contribution in [1.82, 2.24) is 9.47 Å². The summed E-state index contributed by atoms with van der Waals surface area (Å²) in [6.07, 6.45) is 6.61. The number of ether oxygens (including phenoxy) is 1. The summed E-state index contributed by atoms with van der Waals surface area (Å²) in [5, 5.41) is 18.8. The van der Waals surface area contributed by atoms with E-state index >= 15 is 0 Å². The van der Waals surface area contributed by atoms with Crippen LogP contribution in [0.3, 0.4) is 0 Å². The van der Waals surface area contributed by atoms with Crippen molar-refractivity contribution in [1.29, 1.82) is 5.26 Å². The fraction of sp³-hybridized carbons (Fsp3) is 0.586. The Morgan fingerprint density at radius 1 is 1.20 bits per heavy atom. The van der Waals surface area contributed by atoms with Gasteiger partial charge in [0, 0.05) is 38.2 Å². The molecule has 0 saturated carbocycles. The van der Waals surface area contributed by atoms with E-state index in [1.807, 2.05) is 11.8 Å². The molecule has 2 saturated heterocycles. The normalized spacial score (nSPS) is 18.2. The number of nitriles is 1. The van der Waals surface area contributed by atoms with Crippen molar-refractivity contribution < 1.29 is 24.2 Å². The zero-order valence-electron chi connectivity index (χ0n) is 23.9. The van der Waals surface area contributed by atoms with E-state index in [-0.39, 0.29) is 35.3 Å². The Bertz CT molecular complexity index is 1320. The number of pyridine rings is 1. The van der Waals surface area contributed by atoms with Gasteiger partial charge >= 0.3 is 11.9 Å². The largest absolute Gasteiger partial charge is 0.481 e. The third-order valence-corrected chi connectivity index (χ3v) is 8.72. The van der Waals surface area contributed by atoms with Crippen LogP contribution in [0.4, 0.5) is 5.82 Å². The van der Waals surface area contributed by atoms with Crippen LogP contribution in [0.1, 0.15) is 81.9 Å². The van der Waals surface area contributed by atoms with Gasteiger partial charge in [0.25, 0.3) is 11.5 Å². The number of anilines is 1. The van der Waals surface area contributed by atoms with Crippen LogP contribution in [0.2, 0.25) is 0 Å². The number of aromatic nitrogens is 1. The number of hydrogen-bond donors (Lipinski definition) is 1. The number of aliphatic carboxylic acids is 1. The number of nitrogens with zero attached hydrogens (tertiary/aromatic N) is 4. The molecular weight excluding hydrogens is 564 g/mol. The molecule has 0 radical (unpaired) electrons. The van der Waals surface area contributed by atoms with E-state index in [0.29, 0.717) is 84.6 Å². The summed E-state index contributed by atoms with van der Waals surface area (Å²) >= 11 is 6.68. The molecule has 3 heterocycles. The van der Waals surface area contributed by atoms with Crippen molar-refractivity contribution in [2.24, 2.45) is 5.92 Å². The van der Waals surface area contributed by atoms with E-state index in [9.17, 15) is 24.4 Å². The van der Waals surface area contributed by atoms with Crippen LogP contribution in [0, 0.1) is 24.2 Å². The second-order valence-electron chi connectivity index (χ2n) is 10.2. The van der Waals surface area contributed by atoms with Gasteiger partial charge in [0.2, 0.25) is 0 Å². The molecule has 1 aromatic rings. The second-order valence-corrected chi connectivity index (χ2v) is 11.9. The fourth-order valence-corrected chi connectivity index (χ4v) is 6.47. The summed E-state index contributed by atoms with van der Waals surface area (Å²) in [7, 11) is 0. The van der Waals surface area contributed by atoms with E-state index in [0.717, 1.165) is 19.3 Å². The molecule has 1 unspecified atom stereocenters. The Hall–Kier alpha value is -3.17.